The second-order valence-corrected chi connectivity index (χ2v) is 6.20. The Labute approximate surface area is 136 Å². The van der Waals surface area contributed by atoms with Crippen molar-refractivity contribution in [2.75, 3.05) is 24.5 Å². The van der Waals surface area contributed by atoms with Crippen LogP contribution in [0.2, 0.25) is 0 Å². The quantitative estimate of drug-likeness (QED) is 0.894. The van der Waals surface area contributed by atoms with Gasteiger partial charge in [0, 0.05) is 37.2 Å². The van der Waals surface area contributed by atoms with Gasteiger partial charge in [-0.25, -0.2) is 0 Å². The van der Waals surface area contributed by atoms with Crippen LogP contribution in [-0.2, 0) is 4.79 Å². The zero-order valence-electron chi connectivity index (χ0n) is 12.8. The number of carbonyl (C=O) groups is 2. The summed E-state index contributed by atoms with van der Waals surface area (Å²) in [4.78, 5) is 26.6. The summed E-state index contributed by atoms with van der Waals surface area (Å²) in [5, 5.41) is 9.65. The maximum absolute atomic E-state index is 12.8. The molecule has 0 aliphatic carbocycles. The average molecular weight is 342 g/mol. The summed E-state index contributed by atoms with van der Waals surface area (Å²) in [7, 11) is 0. The number of hydrogen-bond donors (Lipinski definition) is 1. The van der Waals surface area contributed by atoms with Crippen LogP contribution in [0.5, 0.6) is 0 Å². The Kier molecular flexibility index (Phi) is 4.03. The summed E-state index contributed by atoms with van der Waals surface area (Å²) in [6.07, 6.45) is -4.02. The predicted molar refractivity (Wildman–Crippen MR) is 79.6 cm³/mol. The van der Waals surface area contributed by atoms with Crippen molar-refractivity contribution >= 4 is 17.5 Å². The van der Waals surface area contributed by atoms with E-state index in [1.165, 1.54) is 12.1 Å². The SMILES string of the molecule is O=C(c1ccc(N2CCCC2=O)cc1)N1CC[C@](O)(C(F)(F)F)C1. The van der Waals surface area contributed by atoms with E-state index in [0.717, 1.165) is 11.3 Å². The van der Waals surface area contributed by atoms with Crippen molar-refractivity contribution in [2.45, 2.75) is 31.0 Å². The average Bonchev–Trinajstić information content (AvgIpc) is 3.13. The third kappa shape index (κ3) is 2.86. The smallest absolute Gasteiger partial charge is 0.379 e. The third-order valence-electron chi connectivity index (χ3n) is 4.56. The molecule has 2 heterocycles. The van der Waals surface area contributed by atoms with E-state index in [1.807, 2.05) is 0 Å². The lowest BCUT2D eigenvalue weighted by molar-refractivity contribution is -0.253. The van der Waals surface area contributed by atoms with Crippen LogP contribution in [0.25, 0.3) is 0 Å². The standard InChI is InChI=1S/C16H17F3N2O3/c17-16(18,19)15(24)7-9-20(10-15)14(23)11-3-5-12(6-4-11)21-8-1-2-13(21)22/h3-6,24H,1-2,7-10H2/t15-/m1/s1. The summed E-state index contributed by atoms with van der Waals surface area (Å²) >= 11 is 0. The zero-order valence-corrected chi connectivity index (χ0v) is 12.8. The Morgan fingerprint density at radius 1 is 1.17 bits per heavy atom. The van der Waals surface area contributed by atoms with E-state index in [2.05, 4.69) is 0 Å². The minimum Gasteiger partial charge on any atom is -0.379 e. The van der Waals surface area contributed by atoms with E-state index < -0.39 is 30.7 Å². The molecule has 1 aromatic rings. The van der Waals surface area contributed by atoms with Crippen molar-refractivity contribution in [3.63, 3.8) is 0 Å². The molecular weight excluding hydrogens is 325 g/mol. The number of amides is 2. The van der Waals surface area contributed by atoms with Crippen molar-refractivity contribution in [2.24, 2.45) is 0 Å². The number of hydrogen-bond acceptors (Lipinski definition) is 3. The molecule has 0 unspecified atom stereocenters. The molecular formula is C16H17F3N2O3. The van der Waals surface area contributed by atoms with Crippen molar-refractivity contribution in [3.8, 4) is 0 Å². The van der Waals surface area contributed by atoms with Gasteiger partial charge in [-0.3, -0.25) is 9.59 Å². The Bertz CT molecular complexity index is 660. The van der Waals surface area contributed by atoms with Crippen LogP contribution in [0.1, 0.15) is 29.6 Å². The number of benzene rings is 1. The van der Waals surface area contributed by atoms with Crippen LogP contribution in [-0.4, -0.2) is 53.2 Å². The molecule has 0 radical (unpaired) electrons. The lowest BCUT2D eigenvalue weighted by atomic mass is 10.0. The molecule has 1 N–H and O–H groups in total. The number of halogens is 3. The second-order valence-electron chi connectivity index (χ2n) is 6.20. The van der Waals surface area contributed by atoms with Gasteiger partial charge in [0.05, 0.1) is 6.54 Å². The Morgan fingerprint density at radius 3 is 2.33 bits per heavy atom. The summed E-state index contributed by atoms with van der Waals surface area (Å²) < 4.78 is 38.5. The molecule has 0 saturated carbocycles. The van der Waals surface area contributed by atoms with E-state index in [1.54, 1.807) is 17.0 Å². The van der Waals surface area contributed by atoms with Gasteiger partial charge in [-0.05, 0) is 30.7 Å². The van der Waals surface area contributed by atoms with Gasteiger partial charge in [0.15, 0.2) is 5.60 Å². The molecule has 2 fully saturated rings. The molecule has 130 valence electrons. The van der Waals surface area contributed by atoms with Gasteiger partial charge in [0.2, 0.25) is 5.91 Å². The van der Waals surface area contributed by atoms with Gasteiger partial charge in [-0.2, -0.15) is 13.2 Å². The first-order valence-electron chi connectivity index (χ1n) is 7.70. The molecule has 0 bridgehead atoms. The van der Waals surface area contributed by atoms with Gasteiger partial charge in [-0.15, -0.1) is 0 Å². The molecule has 24 heavy (non-hydrogen) atoms. The van der Waals surface area contributed by atoms with E-state index in [-0.39, 0.29) is 18.0 Å². The number of aliphatic hydroxyl groups is 1. The molecule has 8 heteroatoms. The molecule has 2 saturated heterocycles. The van der Waals surface area contributed by atoms with Gasteiger partial charge >= 0.3 is 6.18 Å². The number of anilines is 1. The van der Waals surface area contributed by atoms with Crippen LogP contribution in [0.15, 0.2) is 24.3 Å². The summed E-state index contributed by atoms with van der Waals surface area (Å²) in [5.41, 5.74) is -1.94. The van der Waals surface area contributed by atoms with E-state index in [0.29, 0.717) is 18.7 Å². The first kappa shape index (κ1) is 16.8. The third-order valence-corrected chi connectivity index (χ3v) is 4.56. The summed E-state index contributed by atoms with van der Waals surface area (Å²) in [6.45, 7) is -0.292. The monoisotopic (exact) mass is 342 g/mol. The fourth-order valence-electron chi connectivity index (χ4n) is 3.09. The molecule has 2 aliphatic heterocycles. The van der Waals surface area contributed by atoms with Crippen LogP contribution in [0, 0.1) is 0 Å². The Morgan fingerprint density at radius 2 is 1.83 bits per heavy atom. The van der Waals surface area contributed by atoms with E-state index >= 15 is 0 Å². The van der Waals surface area contributed by atoms with Gasteiger partial charge < -0.3 is 14.9 Å². The number of alkyl halides is 3. The highest BCUT2D eigenvalue weighted by molar-refractivity contribution is 5.97. The second kappa shape index (κ2) is 5.77. The normalized spacial score (nSPS) is 24.8. The fraction of sp³-hybridized carbons (Fsp3) is 0.500. The van der Waals surface area contributed by atoms with Crippen LogP contribution < -0.4 is 4.90 Å². The lowest BCUT2D eigenvalue weighted by Gasteiger charge is -2.26. The van der Waals surface area contributed by atoms with Crippen molar-refractivity contribution in [3.05, 3.63) is 29.8 Å². The Hall–Kier alpha value is -2.09. The largest absolute Gasteiger partial charge is 0.419 e. The first-order chi connectivity index (χ1) is 11.2. The molecule has 0 aromatic heterocycles. The van der Waals surface area contributed by atoms with E-state index in [9.17, 15) is 27.9 Å². The van der Waals surface area contributed by atoms with E-state index in [4.69, 9.17) is 0 Å². The Balaban J connectivity index is 1.71. The molecule has 1 atom stereocenters. The maximum atomic E-state index is 12.8. The number of rotatable bonds is 2. The van der Waals surface area contributed by atoms with Gasteiger partial charge in [0.1, 0.15) is 0 Å². The highest BCUT2D eigenvalue weighted by Crippen LogP contribution is 2.38. The molecule has 2 aliphatic rings. The highest BCUT2D eigenvalue weighted by atomic mass is 19.4. The topological polar surface area (TPSA) is 60.9 Å². The van der Waals surface area contributed by atoms with Crippen molar-refractivity contribution in [1.29, 1.82) is 0 Å². The summed E-state index contributed by atoms with van der Waals surface area (Å²) in [5.74, 6) is -0.543. The molecule has 5 nitrogen and oxygen atoms in total. The molecule has 2 amide bonds. The lowest BCUT2D eigenvalue weighted by Crippen LogP contribution is -2.48. The highest BCUT2D eigenvalue weighted by Gasteiger charge is 2.57. The fourth-order valence-corrected chi connectivity index (χ4v) is 3.09. The maximum Gasteiger partial charge on any atom is 0.419 e. The predicted octanol–water partition coefficient (Wildman–Crippen LogP) is 1.95. The number of likely N-dealkylation sites (tertiary alicyclic amines) is 1. The number of carbonyl (C=O) groups excluding carboxylic acids is 2. The first-order valence-corrected chi connectivity index (χ1v) is 7.70. The summed E-state index contributed by atoms with van der Waals surface area (Å²) in [6, 6.07) is 6.22. The van der Waals surface area contributed by atoms with Crippen LogP contribution >= 0.6 is 0 Å². The molecule has 1 aromatic carbocycles. The minimum absolute atomic E-state index is 0.0175. The zero-order chi connectivity index (χ0) is 17.5. The van der Waals surface area contributed by atoms with Crippen LogP contribution in [0.3, 0.4) is 0 Å². The van der Waals surface area contributed by atoms with Crippen LogP contribution in [0.4, 0.5) is 18.9 Å². The number of β-amino-alcohol motifs (C(OH)–C–C–N with tert-alkyl or cyclic N) is 1. The molecule has 0 spiro atoms. The van der Waals surface area contributed by atoms with Crippen molar-refractivity contribution in [1.82, 2.24) is 4.90 Å². The number of nitrogens with zero attached hydrogens (tertiary/aromatic N) is 2. The minimum atomic E-state index is -4.76. The molecule has 3 rings (SSSR count). The van der Waals surface area contributed by atoms with Crippen molar-refractivity contribution < 1.29 is 27.9 Å². The van der Waals surface area contributed by atoms with Gasteiger partial charge in [-0.1, -0.05) is 0 Å². The van der Waals surface area contributed by atoms with Gasteiger partial charge in [0.25, 0.3) is 5.91 Å².